The van der Waals surface area contributed by atoms with Crippen molar-refractivity contribution in [2.24, 2.45) is 5.92 Å². The van der Waals surface area contributed by atoms with Crippen molar-refractivity contribution in [3.05, 3.63) is 58.1 Å². The fourth-order valence-corrected chi connectivity index (χ4v) is 5.56. The van der Waals surface area contributed by atoms with Gasteiger partial charge in [0.15, 0.2) is 6.10 Å². The second-order valence-electron chi connectivity index (χ2n) is 10.5. The van der Waals surface area contributed by atoms with Crippen molar-refractivity contribution in [1.29, 1.82) is 0 Å². The number of amides is 1. The molecule has 0 spiro atoms. The number of likely N-dealkylation sites (tertiary alicyclic amines) is 1. The summed E-state index contributed by atoms with van der Waals surface area (Å²) >= 11 is 0. The monoisotopic (exact) mass is 463 g/mol. The molecule has 1 heterocycles. The number of hydrogen-bond acceptors (Lipinski definition) is 4. The van der Waals surface area contributed by atoms with E-state index in [4.69, 9.17) is 10.5 Å². The number of carbonyl (C=O) groups is 1. The van der Waals surface area contributed by atoms with Gasteiger partial charge in [0.2, 0.25) is 0 Å². The number of rotatable bonds is 7. The summed E-state index contributed by atoms with van der Waals surface area (Å²) in [6.07, 6.45) is 2.83. The van der Waals surface area contributed by atoms with Crippen LogP contribution in [0.1, 0.15) is 59.9 Å². The first kappa shape index (κ1) is 24.6. The summed E-state index contributed by atoms with van der Waals surface area (Å²) in [5, 5.41) is 0. The molecule has 3 atom stereocenters. The molecule has 1 aliphatic heterocycles. The molecular weight excluding hydrogens is 422 g/mol. The second-order valence-corrected chi connectivity index (χ2v) is 10.5. The molecule has 1 amide bonds. The molecule has 4 rings (SSSR count). The Morgan fingerprint density at radius 2 is 1.65 bits per heavy atom. The lowest BCUT2D eigenvalue weighted by Crippen LogP contribution is -2.49. The van der Waals surface area contributed by atoms with E-state index in [0.29, 0.717) is 0 Å². The SMILES string of the molecule is Cc1c(C)c(OC(C)C(=O)N(C)C2CCN(C[C@@H]3C[C@H]3c3ccccc3)CC2)c(C)c(C)c1N. The number of benzene rings is 2. The molecule has 34 heavy (non-hydrogen) atoms. The van der Waals surface area contributed by atoms with Crippen molar-refractivity contribution in [1.82, 2.24) is 9.80 Å². The van der Waals surface area contributed by atoms with Gasteiger partial charge in [0, 0.05) is 38.4 Å². The highest BCUT2D eigenvalue weighted by molar-refractivity contribution is 5.81. The number of hydrogen-bond donors (Lipinski definition) is 1. The third kappa shape index (κ3) is 4.95. The predicted octanol–water partition coefficient (Wildman–Crippen LogP) is 5.00. The number of nitrogens with two attached hydrogens (primary N) is 1. The molecule has 2 aliphatic rings. The second kappa shape index (κ2) is 9.99. The molecule has 184 valence electrons. The van der Waals surface area contributed by atoms with E-state index >= 15 is 0 Å². The molecule has 2 aromatic rings. The average molecular weight is 464 g/mol. The lowest BCUT2D eigenvalue weighted by atomic mass is 9.97. The van der Waals surface area contributed by atoms with E-state index in [2.05, 4.69) is 35.2 Å². The Labute approximate surface area is 205 Å². The van der Waals surface area contributed by atoms with Gasteiger partial charge in [0.05, 0.1) is 0 Å². The van der Waals surface area contributed by atoms with Gasteiger partial charge in [0.25, 0.3) is 5.91 Å². The van der Waals surface area contributed by atoms with Gasteiger partial charge in [-0.2, -0.15) is 0 Å². The largest absolute Gasteiger partial charge is 0.480 e. The lowest BCUT2D eigenvalue weighted by molar-refractivity contribution is -0.139. The quantitative estimate of drug-likeness (QED) is 0.587. The van der Waals surface area contributed by atoms with Crippen molar-refractivity contribution in [3.8, 4) is 5.75 Å². The summed E-state index contributed by atoms with van der Waals surface area (Å²) in [6.45, 7) is 13.2. The molecule has 0 bridgehead atoms. The minimum atomic E-state index is -0.527. The van der Waals surface area contributed by atoms with Crippen molar-refractivity contribution in [2.75, 3.05) is 32.4 Å². The number of nitrogen functional groups attached to an aromatic ring is 1. The maximum absolute atomic E-state index is 13.2. The third-order valence-electron chi connectivity index (χ3n) is 8.35. The number of ether oxygens (including phenoxy) is 1. The summed E-state index contributed by atoms with van der Waals surface area (Å²) in [6, 6.07) is 11.2. The smallest absolute Gasteiger partial charge is 0.263 e. The summed E-state index contributed by atoms with van der Waals surface area (Å²) in [5.41, 5.74) is 12.6. The molecule has 2 N–H and O–H groups in total. The number of likely N-dealkylation sites (N-methyl/N-ethyl adjacent to an activating group) is 1. The van der Waals surface area contributed by atoms with E-state index in [1.165, 1.54) is 18.5 Å². The third-order valence-corrected chi connectivity index (χ3v) is 8.35. The normalized spacial score (nSPS) is 21.8. The molecule has 2 fully saturated rings. The Kier molecular flexibility index (Phi) is 7.22. The van der Waals surface area contributed by atoms with Gasteiger partial charge in [-0.15, -0.1) is 0 Å². The van der Waals surface area contributed by atoms with Crippen molar-refractivity contribution in [2.45, 2.75) is 71.9 Å². The van der Waals surface area contributed by atoms with Crippen LogP contribution in [-0.4, -0.2) is 54.5 Å². The van der Waals surface area contributed by atoms with Crippen LogP contribution in [-0.2, 0) is 4.79 Å². The van der Waals surface area contributed by atoms with Crippen LogP contribution >= 0.6 is 0 Å². The van der Waals surface area contributed by atoms with Crippen LogP contribution in [0.5, 0.6) is 5.75 Å². The Balaban J connectivity index is 1.29. The van der Waals surface area contributed by atoms with Gasteiger partial charge >= 0.3 is 0 Å². The summed E-state index contributed by atoms with van der Waals surface area (Å²) < 4.78 is 6.24. The number of anilines is 1. The fraction of sp³-hybridized carbons (Fsp3) is 0.552. The van der Waals surface area contributed by atoms with Crippen molar-refractivity contribution in [3.63, 3.8) is 0 Å². The summed E-state index contributed by atoms with van der Waals surface area (Å²) in [4.78, 5) is 17.8. The van der Waals surface area contributed by atoms with Crippen LogP contribution in [0.25, 0.3) is 0 Å². The Morgan fingerprint density at radius 1 is 1.06 bits per heavy atom. The zero-order valence-electron chi connectivity index (χ0n) is 21.7. The lowest BCUT2D eigenvalue weighted by Gasteiger charge is -2.37. The van der Waals surface area contributed by atoms with Gasteiger partial charge in [0.1, 0.15) is 5.75 Å². The zero-order chi connectivity index (χ0) is 24.6. The van der Waals surface area contributed by atoms with Crippen LogP contribution in [0.15, 0.2) is 30.3 Å². The predicted molar refractivity (Wildman–Crippen MR) is 139 cm³/mol. The van der Waals surface area contributed by atoms with Gasteiger partial charge in [-0.1, -0.05) is 30.3 Å². The van der Waals surface area contributed by atoms with E-state index in [1.54, 1.807) is 0 Å². The van der Waals surface area contributed by atoms with E-state index < -0.39 is 6.10 Å². The first-order chi connectivity index (χ1) is 16.2. The molecule has 0 radical (unpaired) electrons. The molecular formula is C29H41N3O2. The number of nitrogens with zero attached hydrogens (tertiary/aromatic N) is 2. The minimum absolute atomic E-state index is 0.0516. The Hall–Kier alpha value is -2.53. The van der Waals surface area contributed by atoms with Gasteiger partial charge < -0.3 is 20.3 Å². The highest BCUT2D eigenvalue weighted by Gasteiger charge is 2.40. The highest BCUT2D eigenvalue weighted by Crippen LogP contribution is 2.48. The van der Waals surface area contributed by atoms with Crippen LogP contribution < -0.4 is 10.5 Å². The van der Waals surface area contributed by atoms with Gasteiger partial charge in [-0.3, -0.25) is 4.79 Å². The molecule has 5 heteroatoms. The van der Waals surface area contributed by atoms with Crippen molar-refractivity contribution < 1.29 is 9.53 Å². The van der Waals surface area contributed by atoms with Gasteiger partial charge in [-0.05, 0) is 93.5 Å². The fourth-order valence-electron chi connectivity index (χ4n) is 5.56. The highest BCUT2D eigenvalue weighted by atomic mass is 16.5. The average Bonchev–Trinajstić information content (AvgIpc) is 3.63. The summed E-state index contributed by atoms with van der Waals surface area (Å²) in [7, 11) is 1.94. The topological polar surface area (TPSA) is 58.8 Å². The molecule has 1 saturated carbocycles. The molecule has 1 unspecified atom stereocenters. The van der Waals surface area contributed by atoms with E-state index in [-0.39, 0.29) is 11.9 Å². The first-order valence-electron chi connectivity index (χ1n) is 12.8. The summed E-state index contributed by atoms with van der Waals surface area (Å²) in [5.74, 6) is 2.36. The van der Waals surface area contributed by atoms with E-state index in [0.717, 1.165) is 71.5 Å². The number of carbonyl (C=O) groups excluding carboxylic acids is 1. The standard InChI is InChI=1S/C29H41N3O2/c1-18-20(3)28(21(4)19(2)27(18)30)34-22(5)29(33)31(6)25-12-14-32(15-13-25)17-24-16-26(24)23-10-8-7-9-11-23/h7-11,22,24-26H,12-17,30H2,1-6H3/t22?,24-,26-/m0/s1. The van der Waals surface area contributed by atoms with Crippen LogP contribution in [0.4, 0.5) is 5.69 Å². The molecule has 0 aromatic heterocycles. The van der Waals surface area contributed by atoms with E-state index in [9.17, 15) is 4.79 Å². The first-order valence-corrected chi connectivity index (χ1v) is 12.8. The maximum atomic E-state index is 13.2. The van der Waals surface area contributed by atoms with Gasteiger partial charge in [-0.25, -0.2) is 0 Å². The molecule has 2 aromatic carbocycles. The van der Waals surface area contributed by atoms with Crippen LogP contribution in [0.3, 0.4) is 0 Å². The molecule has 1 saturated heterocycles. The van der Waals surface area contributed by atoms with Crippen molar-refractivity contribution >= 4 is 11.6 Å². The number of piperidine rings is 1. The Bertz CT molecular complexity index is 998. The van der Waals surface area contributed by atoms with Crippen LogP contribution in [0, 0.1) is 33.6 Å². The Morgan fingerprint density at radius 3 is 2.24 bits per heavy atom. The molecule has 5 nitrogen and oxygen atoms in total. The zero-order valence-corrected chi connectivity index (χ0v) is 21.7. The molecule has 1 aliphatic carbocycles. The minimum Gasteiger partial charge on any atom is -0.480 e. The van der Waals surface area contributed by atoms with Crippen LogP contribution in [0.2, 0.25) is 0 Å². The van der Waals surface area contributed by atoms with E-state index in [1.807, 2.05) is 46.6 Å². The maximum Gasteiger partial charge on any atom is 0.263 e.